The lowest BCUT2D eigenvalue weighted by Crippen LogP contribution is -1.94. The molecule has 0 N–H and O–H groups in total. The fraction of sp³-hybridized carbons (Fsp3) is 0.429. The van der Waals surface area contributed by atoms with E-state index in [1.807, 2.05) is 6.20 Å². The lowest BCUT2D eigenvalue weighted by Gasteiger charge is -2.06. The Kier molecular flexibility index (Phi) is 2.16. The van der Waals surface area contributed by atoms with Gasteiger partial charge in [0.25, 0.3) is 0 Å². The average Bonchev–Trinajstić information content (AvgIpc) is 3.11. The van der Waals surface area contributed by atoms with Crippen LogP contribution in [0.2, 0.25) is 0 Å². The van der Waals surface area contributed by atoms with E-state index in [0.29, 0.717) is 0 Å². The lowest BCUT2D eigenvalue weighted by atomic mass is 10.0. The smallest absolute Gasteiger partial charge is 0.0893 e. The number of aromatic nitrogens is 2. The van der Waals surface area contributed by atoms with E-state index in [9.17, 15) is 0 Å². The summed E-state index contributed by atoms with van der Waals surface area (Å²) in [7, 11) is 0. The van der Waals surface area contributed by atoms with Gasteiger partial charge in [0.2, 0.25) is 0 Å². The van der Waals surface area contributed by atoms with Gasteiger partial charge in [-0.2, -0.15) is 0 Å². The molecule has 82 valence electrons. The van der Waals surface area contributed by atoms with Crippen LogP contribution in [0, 0.1) is 6.92 Å². The second-order valence-electron chi connectivity index (χ2n) is 4.69. The van der Waals surface area contributed by atoms with Crippen molar-refractivity contribution < 1.29 is 0 Å². The zero-order valence-electron chi connectivity index (χ0n) is 9.83. The van der Waals surface area contributed by atoms with Crippen molar-refractivity contribution in [3.05, 3.63) is 35.2 Å². The second-order valence-corrected chi connectivity index (χ2v) is 4.69. The molecule has 0 unspecified atom stereocenters. The van der Waals surface area contributed by atoms with Crippen LogP contribution in [-0.4, -0.2) is 9.97 Å². The highest BCUT2D eigenvalue weighted by atomic mass is 14.8. The van der Waals surface area contributed by atoms with Crippen molar-refractivity contribution in [2.45, 2.75) is 39.0 Å². The summed E-state index contributed by atoms with van der Waals surface area (Å²) in [6.45, 7) is 4.30. The molecule has 2 nitrogen and oxygen atoms in total. The summed E-state index contributed by atoms with van der Waals surface area (Å²) in [5.74, 6) is 0.788. The van der Waals surface area contributed by atoms with E-state index >= 15 is 0 Å². The molecule has 0 amide bonds. The highest BCUT2D eigenvalue weighted by molar-refractivity contribution is 5.76. The Hall–Kier alpha value is -1.44. The molecule has 0 radical (unpaired) electrons. The summed E-state index contributed by atoms with van der Waals surface area (Å²) < 4.78 is 0. The molecule has 1 heterocycles. The number of hydrogen-bond donors (Lipinski definition) is 0. The van der Waals surface area contributed by atoms with Gasteiger partial charge in [-0.3, -0.25) is 4.98 Å². The number of nitrogens with zero attached hydrogens (tertiary/aromatic N) is 2. The Morgan fingerprint density at radius 1 is 1.25 bits per heavy atom. The molecule has 2 aromatic rings. The van der Waals surface area contributed by atoms with E-state index < -0.39 is 0 Å². The fourth-order valence-electron chi connectivity index (χ4n) is 2.22. The standard InChI is InChI=1S/C14H16N2/c1-3-11-8-15-13-6-9(2)12(10-4-5-10)7-14(13)16-11/h6-8,10H,3-5H2,1-2H3. The number of hydrogen-bond acceptors (Lipinski definition) is 2. The van der Waals surface area contributed by atoms with Gasteiger partial charge >= 0.3 is 0 Å². The Balaban J connectivity index is 2.19. The molecule has 0 atom stereocenters. The molecule has 0 aliphatic heterocycles. The van der Waals surface area contributed by atoms with Crippen LogP contribution < -0.4 is 0 Å². The average molecular weight is 212 g/mol. The minimum Gasteiger partial charge on any atom is -0.253 e. The first-order chi connectivity index (χ1) is 7.78. The Morgan fingerprint density at radius 3 is 2.75 bits per heavy atom. The van der Waals surface area contributed by atoms with Gasteiger partial charge in [0.15, 0.2) is 0 Å². The summed E-state index contributed by atoms with van der Waals surface area (Å²) in [5, 5.41) is 0. The van der Waals surface area contributed by atoms with E-state index in [1.165, 1.54) is 24.0 Å². The van der Waals surface area contributed by atoms with E-state index in [1.54, 1.807) is 0 Å². The molecule has 0 saturated heterocycles. The van der Waals surface area contributed by atoms with Crippen LogP contribution in [0.25, 0.3) is 11.0 Å². The van der Waals surface area contributed by atoms with Gasteiger partial charge in [-0.05, 0) is 55.4 Å². The van der Waals surface area contributed by atoms with Gasteiger partial charge in [-0.25, -0.2) is 4.98 Å². The largest absolute Gasteiger partial charge is 0.253 e. The van der Waals surface area contributed by atoms with Gasteiger partial charge in [-0.1, -0.05) is 6.92 Å². The first-order valence-corrected chi connectivity index (χ1v) is 6.04. The topological polar surface area (TPSA) is 25.8 Å². The molecule has 3 rings (SSSR count). The van der Waals surface area contributed by atoms with Crippen LogP contribution in [0.1, 0.15) is 42.5 Å². The van der Waals surface area contributed by atoms with Crippen LogP contribution in [0.4, 0.5) is 0 Å². The lowest BCUT2D eigenvalue weighted by molar-refractivity contribution is 1.02. The van der Waals surface area contributed by atoms with E-state index in [4.69, 9.17) is 0 Å². The Labute approximate surface area is 95.7 Å². The van der Waals surface area contributed by atoms with Crippen LogP contribution in [0.15, 0.2) is 18.3 Å². The number of rotatable bonds is 2. The molecule has 1 aromatic heterocycles. The van der Waals surface area contributed by atoms with Crippen LogP contribution in [0.3, 0.4) is 0 Å². The van der Waals surface area contributed by atoms with E-state index in [-0.39, 0.29) is 0 Å². The highest BCUT2D eigenvalue weighted by Gasteiger charge is 2.25. The summed E-state index contributed by atoms with van der Waals surface area (Å²) in [6, 6.07) is 4.42. The van der Waals surface area contributed by atoms with Crippen molar-refractivity contribution in [2.24, 2.45) is 0 Å². The SMILES string of the molecule is CCc1cnc2cc(C)c(C3CC3)cc2n1. The Bertz CT molecular complexity index is 542. The van der Waals surface area contributed by atoms with Crippen molar-refractivity contribution in [1.29, 1.82) is 0 Å². The monoisotopic (exact) mass is 212 g/mol. The third-order valence-electron chi connectivity index (χ3n) is 3.36. The first-order valence-electron chi connectivity index (χ1n) is 6.04. The molecular formula is C14H16N2. The molecule has 1 saturated carbocycles. The molecule has 0 spiro atoms. The summed E-state index contributed by atoms with van der Waals surface area (Å²) >= 11 is 0. The minimum atomic E-state index is 0.788. The fourth-order valence-corrected chi connectivity index (χ4v) is 2.22. The molecule has 1 fully saturated rings. The molecule has 16 heavy (non-hydrogen) atoms. The van der Waals surface area contributed by atoms with Crippen molar-refractivity contribution in [1.82, 2.24) is 9.97 Å². The predicted molar refractivity (Wildman–Crippen MR) is 65.6 cm³/mol. The molecular weight excluding hydrogens is 196 g/mol. The molecule has 2 heteroatoms. The summed E-state index contributed by atoms with van der Waals surface area (Å²) in [5.41, 5.74) is 6.02. The third kappa shape index (κ3) is 1.58. The quantitative estimate of drug-likeness (QED) is 0.762. The predicted octanol–water partition coefficient (Wildman–Crippen LogP) is 3.38. The van der Waals surface area contributed by atoms with Gasteiger partial charge in [-0.15, -0.1) is 0 Å². The van der Waals surface area contributed by atoms with Crippen LogP contribution >= 0.6 is 0 Å². The molecule has 0 bridgehead atoms. The minimum absolute atomic E-state index is 0.788. The first kappa shape index (κ1) is 9.76. The van der Waals surface area contributed by atoms with Crippen molar-refractivity contribution in [3.8, 4) is 0 Å². The van der Waals surface area contributed by atoms with Gasteiger partial charge in [0.1, 0.15) is 0 Å². The van der Waals surface area contributed by atoms with Crippen LogP contribution in [-0.2, 0) is 6.42 Å². The number of fused-ring (bicyclic) bond motifs is 1. The number of aryl methyl sites for hydroxylation is 2. The third-order valence-corrected chi connectivity index (χ3v) is 3.36. The zero-order valence-corrected chi connectivity index (χ0v) is 9.83. The highest BCUT2D eigenvalue weighted by Crippen LogP contribution is 2.42. The van der Waals surface area contributed by atoms with Gasteiger partial charge in [0.05, 0.1) is 16.7 Å². The maximum atomic E-state index is 4.64. The molecule has 1 aliphatic carbocycles. The summed E-state index contributed by atoms with van der Waals surface area (Å²) in [4.78, 5) is 9.11. The molecule has 1 aliphatic rings. The van der Waals surface area contributed by atoms with Gasteiger partial charge in [0, 0.05) is 6.20 Å². The Morgan fingerprint density at radius 2 is 2.06 bits per heavy atom. The van der Waals surface area contributed by atoms with Crippen molar-refractivity contribution in [2.75, 3.05) is 0 Å². The summed E-state index contributed by atoms with van der Waals surface area (Å²) in [6.07, 6.45) is 5.52. The van der Waals surface area contributed by atoms with E-state index in [0.717, 1.165) is 29.1 Å². The number of benzene rings is 1. The van der Waals surface area contributed by atoms with Gasteiger partial charge < -0.3 is 0 Å². The van der Waals surface area contributed by atoms with Crippen LogP contribution in [0.5, 0.6) is 0 Å². The maximum absolute atomic E-state index is 4.64. The normalized spacial score (nSPS) is 15.6. The maximum Gasteiger partial charge on any atom is 0.0893 e. The molecule has 1 aromatic carbocycles. The second kappa shape index (κ2) is 3.55. The van der Waals surface area contributed by atoms with Crippen molar-refractivity contribution in [3.63, 3.8) is 0 Å². The van der Waals surface area contributed by atoms with E-state index in [2.05, 4.69) is 35.9 Å². The zero-order chi connectivity index (χ0) is 11.1. The van der Waals surface area contributed by atoms with Crippen molar-refractivity contribution >= 4 is 11.0 Å².